The summed E-state index contributed by atoms with van der Waals surface area (Å²) in [4.78, 5) is 0. The van der Waals surface area contributed by atoms with E-state index in [0.717, 1.165) is 0 Å². The number of ether oxygens (including phenoxy) is 3. The van der Waals surface area contributed by atoms with Gasteiger partial charge in [0.2, 0.25) is 0 Å². The molecule has 0 radical (unpaired) electrons. The predicted octanol–water partition coefficient (Wildman–Crippen LogP) is 2.24. The molecule has 2 atom stereocenters. The summed E-state index contributed by atoms with van der Waals surface area (Å²) in [7, 11) is 3.17. The molecule has 0 aromatic heterocycles. The van der Waals surface area contributed by atoms with Gasteiger partial charge >= 0.3 is 0 Å². The lowest BCUT2D eigenvalue weighted by atomic mass is 10.2. The summed E-state index contributed by atoms with van der Waals surface area (Å²) in [5.41, 5.74) is 0. The highest BCUT2D eigenvalue weighted by Gasteiger charge is 2.14. The van der Waals surface area contributed by atoms with Gasteiger partial charge in [-0.15, -0.1) is 0 Å². The Morgan fingerprint density at radius 1 is 1.06 bits per heavy atom. The van der Waals surface area contributed by atoms with Crippen molar-refractivity contribution in [3.8, 4) is 17.2 Å². The van der Waals surface area contributed by atoms with Gasteiger partial charge in [-0.1, -0.05) is 6.92 Å². The van der Waals surface area contributed by atoms with Crippen LogP contribution in [0.5, 0.6) is 17.2 Å². The second-order valence-electron chi connectivity index (χ2n) is 3.85. The van der Waals surface area contributed by atoms with Crippen molar-refractivity contribution in [3.05, 3.63) is 18.2 Å². The van der Waals surface area contributed by atoms with E-state index in [2.05, 4.69) is 0 Å². The largest absolute Gasteiger partial charge is 0.496 e. The van der Waals surface area contributed by atoms with E-state index < -0.39 is 6.10 Å². The third-order valence-electron chi connectivity index (χ3n) is 2.61. The zero-order valence-electron chi connectivity index (χ0n) is 10.8. The van der Waals surface area contributed by atoms with Gasteiger partial charge in [-0.2, -0.15) is 0 Å². The average Bonchev–Trinajstić information content (AvgIpc) is 2.36. The van der Waals surface area contributed by atoms with E-state index in [1.807, 2.05) is 13.8 Å². The van der Waals surface area contributed by atoms with Crippen molar-refractivity contribution in [2.75, 3.05) is 14.2 Å². The second kappa shape index (κ2) is 6.35. The SMILES string of the molecule is CCC(O)C(C)Oc1cc(OC)cc(OC)c1. The molecule has 2 unspecified atom stereocenters. The molecule has 1 aromatic carbocycles. The van der Waals surface area contributed by atoms with Gasteiger partial charge in [0.1, 0.15) is 23.4 Å². The number of rotatable bonds is 6. The minimum atomic E-state index is -0.479. The molecule has 1 rings (SSSR count). The van der Waals surface area contributed by atoms with Crippen LogP contribution in [0.2, 0.25) is 0 Å². The zero-order valence-corrected chi connectivity index (χ0v) is 10.8. The van der Waals surface area contributed by atoms with Crippen LogP contribution in [0.3, 0.4) is 0 Å². The Morgan fingerprint density at radius 2 is 1.53 bits per heavy atom. The van der Waals surface area contributed by atoms with Crippen LogP contribution in [-0.4, -0.2) is 31.5 Å². The van der Waals surface area contributed by atoms with Gasteiger partial charge in [0.05, 0.1) is 20.3 Å². The van der Waals surface area contributed by atoms with E-state index in [0.29, 0.717) is 23.7 Å². The Morgan fingerprint density at radius 3 is 1.94 bits per heavy atom. The minimum absolute atomic E-state index is 0.267. The summed E-state index contributed by atoms with van der Waals surface area (Å²) in [5.74, 6) is 1.95. The van der Waals surface area contributed by atoms with E-state index >= 15 is 0 Å². The second-order valence-corrected chi connectivity index (χ2v) is 3.85. The molecular weight excluding hydrogens is 220 g/mol. The summed E-state index contributed by atoms with van der Waals surface area (Å²) < 4.78 is 15.9. The monoisotopic (exact) mass is 240 g/mol. The van der Waals surface area contributed by atoms with Gasteiger partial charge < -0.3 is 19.3 Å². The highest BCUT2D eigenvalue weighted by molar-refractivity contribution is 5.42. The van der Waals surface area contributed by atoms with E-state index in [1.54, 1.807) is 32.4 Å². The molecule has 0 amide bonds. The maximum Gasteiger partial charge on any atom is 0.127 e. The lowest BCUT2D eigenvalue weighted by molar-refractivity contribution is 0.0449. The Labute approximate surface area is 102 Å². The first-order valence-electron chi connectivity index (χ1n) is 5.68. The summed E-state index contributed by atoms with van der Waals surface area (Å²) in [6, 6.07) is 5.30. The van der Waals surface area contributed by atoms with Crippen LogP contribution in [0.25, 0.3) is 0 Å². The van der Waals surface area contributed by atoms with Crippen LogP contribution >= 0.6 is 0 Å². The minimum Gasteiger partial charge on any atom is -0.496 e. The Kier molecular flexibility index (Phi) is 5.10. The average molecular weight is 240 g/mol. The molecule has 17 heavy (non-hydrogen) atoms. The number of hydrogen-bond donors (Lipinski definition) is 1. The number of hydrogen-bond acceptors (Lipinski definition) is 4. The zero-order chi connectivity index (χ0) is 12.8. The third-order valence-corrected chi connectivity index (χ3v) is 2.61. The molecule has 0 saturated carbocycles. The summed E-state index contributed by atoms with van der Waals surface area (Å²) in [6.45, 7) is 3.75. The van der Waals surface area contributed by atoms with Crippen molar-refractivity contribution < 1.29 is 19.3 Å². The highest BCUT2D eigenvalue weighted by Crippen LogP contribution is 2.28. The van der Waals surface area contributed by atoms with Crippen molar-refractivity contribution in [1.82, 2.24) is 0 Å². The highest BCUT2D eigenvalue weighted by atomic mass is 16.5. The molecule has 4 nitrogen and oxygen atoms in total. The normalized spacial score (nSPS) is 13.9. The first kappa shape index (κ1) is 13.6. The van der Waals surface area contributed by atoms with Crippen molar-refractivity contribution in [2.24, 2.45) is 0 Å². The molecule has 0 aliphatic carbocycles. The lowest BCUT2D eigenvalue weighted by Crippen LogP contribution is -2.27. The van der Waals surface area contributed by atoms with Crippen LogP contribution in [0.15, 0.2) is 18.2 Å². The van der Waals surface area contributed by atoms with Crippen molar-refractivity contribution >= 4 is 0 Å². The van der Waals surface area contributed by atoms with Gasteiger partial charge in [-0.3, -0.25) is 0 Å². The van der Waals surface area contributed by atoms with E-state index in [1.165, 1.54) is 0 Å². The first-order chi connectivity index (χ1) is 8.10. The Hall–Kier alpha value is -1.42. The lowest BCUT2D eigenvalue weighted by Gasteiger charge is -2.20. The Bertz CT molecular complexity index is 329. The molecular formula is C13H20O4. The van der Waals surface area contributed by atoms with E-state index in [4.69, 9.17) is 14.2 Å². The third kappa shape index (κ3) is 3.82. The smallest absolute Gasteiger partial charge is 0.127 e. The van der Waals surface area contributed by atoms with Crippen molar-refractivity contribution in [1.29, 1.82) is 0 Å². The molecule has 0 aliphatic heterocycles. The van der Waals surface area contributed by atoms with Gasteiger partial charge in [-0.05, 0) is 13.3 Å². The first-order valence-corrected chi connectivity index (χ1v) is 5.68. The standard InChI is InChI=1S/C13H20O4/c1-5-13(14)9(2)17-12-7-10(15-3)6-11(8-12)16-4/h6-9,13-14H,5H2,1-4H3. The van der Waals surface area contributed by atoms with E-state index in [9.17, 15) is 5.11 Å². The van der Waals surface area contributed by atoms with Crippen LogP contribution < -0.4 is 14.2 Å². The Balaban J connectivity index is 2.82. The predicted molar refractivity (Wildman–Crippen MR) is 65.9 cm³/mol. The van der Waals surface area contributed by atoms with Gasteiger partial charge in [0.25, 0.3) is 0 Å². The summed E-state index contributed by atoms with van der Waals surface area (Å²) in [6.07, 6.45) is -0.0913. The molecule has 0 saturated heterocycles. The molecule has 0 spiro atoms. The van der Waals surface area contributed by atoms with Crippen LogP contribution in [0.1, 0.15) is 20.3 Å². The quantitative estimate of drug-likeness (QED) is 0.828. The topological polar surface area (TPSA) is 47.9 Å². The molecule has 0 aliphatic rings. The van der Waals surface area contributed by atoms with Crippen LogP contribution in [0.4, 0.5) is 0 Å². The fraction of sp³-hybridized carbons (Fsp3) is 0.538. The van der Waals surface area contributed by atoms with Crippen molar-refractivity contribution in [2.45, 2.75) is 32.5 Å². The van der Waals surface area contributed by atoms with Crippen molar-refractivity contribution in [3.63, 3.8) is 0 Å². The molecule has 4 heteroatoms. The summed E-state index contributed by atoms with van der Waals surface area (Å²) in [5, 5.41) is 9.65. The van der Waals surface area contributed by atoms with Gasteiger partial charge in [0.15, 0.2) is 0 Å². The van der Waals surface area contributed by atoms with Crippen LogP contribution in [0, 0.1) is 0 Å². The number of methoxy groups -OCH3 is 2. The molecule has 96 valence electrons. The molecule has 1 N–H and O–H groups in total. The molecule has 0 heterocycles. The molecule has 0 fully saturated rings. The van der Waals surface area contributed by atoms with Gasteiger partial charge in [0, 0.05) is 18.2 Å². The number of aliphatic hydroxyl groups is 1. The maximum atomic E-state index is 9.65. The number of benzene rings is 1. The van der Waals surface area contributed by atoms with Crippen LogP contribution in [-0.2, 0) is 0 Å². The molecule has 1 aromatic rings. The fourth-order valence-electron chi connectivity index (χ4n) is 1.47. The van der Waals surface area contributed by atoms with E-state index in [-0.39, 0.29) is 6.10 Å². The fourth-order valence-corrected chi connectivity index (χ4v) is 1.47. The maximum absolute atomic E-state index is 9.65. The van der Waals surface area contributed by atoms with Gasteiger partial charge in [-0.25, -0.2) is 0 Å². The molecule has 0 bridgehead atoms. The number of aliphatic hydroxyl groups excluding tert-OH is 1. The summed E-state index contributed by atoms with van der Waals surface area (Å²) >= 11 is 0.